The SMILES string of the molecule is CCN(Cc1ccc(OC(F)F)cc1)C[C@H]1CCCCO1. The molecule has 0 amide bonds. The topological polar surface area (TPSA) is 21.7 Å². The van der Waals surface area contributed by atoms with E-state index in [4.69, 9.17) is 4.74 Å². The number of benzene rings is 1. The summed E-state index contributed by atoms with van der Waals surface area (Å²) in [5, 5.41) is 0. The molecule has 0 unspecified atom stereocenters. The minimum Gasteiger partial charge on any atom is -0.435 e. The van der Waals surface area contributed by atoms with Gasteiger partial charge in [0.1, 0.15) is 5.75 Å². The van der Waals surface area contributed by atoms with Crippen LogP contribution in [0.3, 0.4) is 0 Å². The van der Waals surface area contributed by atoms with Crippen LogP contribution in [-0.4, -0.2) is 37.3 Å². The Morgan fingerprint density at radius 1 is 1.29 bits per heavy atom. The van der Waals surface area contributed by atoms with Gasteiger partial charge in [0, 0.05) is 19.7 Å². The number of hydrogen-bond donors (Lipinski definition) is 0. The van der Waals surface area contributed by atoms with E-state index in [2.05, 4.69) is 16.6 Å². The molecule has 118 valence electrons. The van der Waals surface area contributed by atoms with E-state index in [1.54, 1.807) is 12.1 Å². The van der Waals surface area contributed by atoms with E-state index in [1.165, 1.54) is 6.42 Å². The summed E-state index contributed by atoms with van der Waals surface area (Å²) in [6.45, 7) is 2.87. The molecule has 3 nitrogen and oxygen atoms in total. The highest BCUT2D eigenvalue weighted by molar-refractivity contribution is 5.27. The van der Waals surface area contributed by atoms with Gasteiger partial charge in [0.15, 0.2) is 0 Å². The van der Waals surface area contributed by atoms with Crippen molar-refractivity contribution < 1.29 is 18.3 Å². The van der Waals surface area contributed by atoms with Gasteiger partial charge in [-0.25, -0.2) is 0 Å². The first-order valence-electron chi connectivity index (χ1n) is 7.55. The molecule has 1 aromatic carbocycles. The Hall–Kier alpha value is -1.20. The standard InChI is InChI=1S/C16H23F2NO2/c1-2-19(12-15-5-3-4-10-20-15)11-13-6-8-14(9-7-13)21-16(17)18/h6-9,15-16H,2-5,10-12H2,1H3/t15-/m1/s1. The second-order valence-corrected chi connectivity index (χ2v) is 5.34. The molecule has 0 bridgehead atoms. The van der Waals surface area contributed by atoms with Gasteiger partial charge in [-0.1, -0.05) is 19.1 Å². The summed E-state index contributed by atoms with van der Waals surface area (Å²) in [6.07, 6.45) is 3.84. The van der Waals surface area contributed by atoms with Crippen LogP contribution in [0.4, 0.5) is 8.78 Å². The lowest BCUT2D eigenvalue weighted by Gasteiger charge is -2.29. The average Bonchev–Trinajstić information content (AvgIpc) is 2.49. The molecule has 0 saturated carbocycles. The largest absolute Gasteiger partial charge is 0.435 e. The van der Waals surface area contributed by atoms with Crippen molar-refractivity contribution in [2.24, 2.45) is 0 Å². The molecule has 0 aliphatic carbocycles. The average molecular weight is 299 g/mol. The van der Waals surface area contributed by atoms with Crippen molar-refractivity contribution >= 4 is 0 Å². The minimum atomic E-state index is -2.77. The first kappa shape index (κ1) is 16.2. The fourth-order valence-electron chi connectivity index (χ4n) is 2.58. The van der Waals surface area contributed by atoms with E-state index in [-0.39, 0.29) is 5.75 Å². The maximum atomic E-state index is 12.1. The molecule has 21 heavy (non-hydrogen) atoms. The summed E-state index contributed by atoms with van der Waals surface area (Å²) >= 11 is 0. The lowest BCUT2D eigenvalue weighted by molar-refractivity contribution is -0.0498. The molecule has 0 aromatic heterocycles. The molecule has 1 aliphatic rings. The van der Waals surface area contributed by atoms with Gasteiger partial charge in [0.05, 0.1) is 6.10 Å². The van der Waals surface area contributed by atoms with Gasteiger partial charge in [-0.3, -0.25) is 4.90 Å². The number of likely N-dealkylation sites (N-methyl/N-ethyl adjacent to an activating group) is 1. The maximum Gasteiger partial charge on any atom is 0.387 e. The number of nitrogens with zero attached hydrogens (tertiary/aromatic N) is 1. The Bertz CT molecular complexity index is 405. The number of ether oxygens (including phenoxy) is 2. The number of halogens is 2. The molecule has 1 aliphatic heterocycles. The third kappa shape index (κ3) is 5.59. The van der Waals surface area contributed by atoms with Crippen LogP contribution in [0.2, 0.25) is 0 Å². The Kier molecular flexibility index (Phi) is 6.39. The molecule has 0 radical (unpaired) electrons. The molecule has 5 heteroatoms. The molecule has 2 rings (SSSR count). The predicted molar refractivity (Wildman–Crippen MR) is 77.6 cm³/mol. The summed E-state index contributed by atoms with van der Waals surface area (Å²) in [6, 6.07) is 6.85. The van der Waals surface area contributed by atoms with Crippen LogP contribution in [0, 0.1) is 0 Å². The Labute approximate surface area is 124 Å². The minimum absolute atomic E-state index is 0.201. The van der Waals surface area contributed by atoms with Crippen LogP contribution in [0.25, 0.3) is 0 Å². The molecular formula is C16H23F2NO2. The van der Waals surface area contributed by atoms with E-state index < -0.39 is 6.61 Å². The highest BCUT2D eigenvalue weighted by Gasteiger charge is 2.17. The van der Waals surface area contributed by atoms with E-state index in [0.717, 1.165) is 44.6 Å². The van der Waals surface area contributed by atoms with Crippen molar-refractivity contribution in [3.63, 3.8) is 0 Å². The first-order chi connectivity index (χ1) is 10.2. The zero-order valence-corrected chi connectivity index (χ0v) is 12.4. The molecule has 1 fully saturated rings. The van der Waals surface area contributed by atoms with Gasteiger partial charge in [-0.2, -0.15) is 8.78 Å². The predicted octanol–water partition coefficient (Wildman–Crippen LogP) is 3.68. The van der Waals surface area contributed by atoms with Crippen LogP contribution in [0.5, 0.6) is 5.75 Å². The van der Waals surface area contributed by atoms with Gasteiger partial charge < -0.3 is 9.47 Å². The lowest BCUT2D eigenvalue weighted by Crippen LogP contribution is -2.35. The molecule has 1 atom stereocenters. The third-order valence-electron chi connectivity index (χ3n) is 3.74. The monoisotopic (exact) mass is 299 g/mol. The van der Waals surface area contributed by atoms with Crippen molar-refractivity contribution in [2.45, 2.75) is 45.4 Å². The molecule has 0 N–H and O–H groups in total. The van der Waals surface area contributed by atoms with Crippen LogP contribution >= 0.6 is 0 Å². The molecule has 1 aromatic rings. The molecular weight excluding hydrogens is 276 g/mol. The summed E-state index contributed by atoms with van der Waals surface area (Å²) in [4.78, 5) is 2.32. The van der Waals surface area contributed by atoms with Crippen LogP contribution in [0.1, 0.15) is 31.7 Å². The second-order valence-electron chi connectivity index (χ2n) is 5.34. The number of rotatable bonds is 7. The summed E-state index contributed by atoms with van der Waals surface area (Å²) in [5.74, 6) is 0.201. The number of hydrogen-bond acceptors (Lipinski definition) is 3. The highest BCUT2D eigenvalue weighted by atomic mass is 19.3. The van der Waals surface area contributed by atoms with E-state index in [0.29, 0.717) is 6.10 Å². The van der Waals surface area contributed by atoms with Crippen molar-refractivity contribution in [2.75, 3.05) is 19.7 Å². The van der Waals surface area contributed by atoms with Crippen molar-refractivity contribution in [1.29, 1.82) is 0 Å². The Balaban J connectivity index is 1.85. The zero-order chi connectivity index (χ0) is 15.1. The fraction of sp³-hybridized carbons (Fsp3) is 0.625. The maximum absolute atomic E-state index is 12.1. The van der Waals surface area contributed by atoms with E-state index >= 15 is 0 Å². The lowest BCUT2D eigenvalue weighted by atomic mass is 10.1. The van der Waals surface area contributed by atoms with Crippen molar-refractivity contribution in [3.05, 3.63) is 29.8 Å². The van der Waals surface area contributed by atoms with Crippen molar-refractivity contribution in [1.82, 2.24) is 4.90 Å². The van der Waals surface area contributed by atoms with Gasteiger partial charge >= 0.3 is 6.61 Å². The van der Waals surface area contributed by atoms with Gasteiger partial charge in [-0.05, 0) is 43.5 Å². The quantitative estimate of drug-likeness (QED) is 0.766. The smallest absolute Gasteiger partial charge is 0.387 e. The summed E-state index contributed by atoms with van der Waals surface area (Å²) in [5.41, 5.74) is 1.09. The van der Waals surface area contributed by atoms with E-state index in [9.17, 15) is 8.78 Å². The second kappa shape index (κ2) is 8.29. The molecule has 1 saturated heterocycles. The van der Waals surface area contributed by atoms with Crippen LogP contribution in [-0.2, 0) is 11.3 Å². The zero-order valence-electron chi connectivity index (χ0n) is 12.4. The van der Waals surface area contributed by atoms with Crippen LogP contribution in [0.15, 0.2) is 24.3 Å². The number of alkyl halides is 2. The van der Waals surface area contributed by atoms with E-state index in [1.807, 2.05) is 12.1 Å². The molecule has 1 heterocycles. The molecule has 0 spiro atoms. The normalized spacial score (nSPS) is 19.2. The van der Waals surface area contributed by atoms with Gasteiger partial charge in [0.25, 0.3) is 0 Å². The van der Waals surface area contributed by atoms with Crippen LogP contribution < -0.4 is 4.74 Å². The highest BCUT2D eigenvalue weighted by Crippen LogP contribution is 2.18. The fourth-order valence-corrected chi connectivity index (χ4v) is 2.58. The summed E-state index contributed by atoms with van der Waals surface area (Å²) < 4.78 is 34.3. The first-order valence-corrected chi connectivity index (χ1v) is 7.55. The van der Waals surface area contributed by atoms with Gasteiger partial charge in [-0.15, -0.1) is 0 Å². The summed E-state index contributed by atoms with van der Waals surface area (Å²) in [7, 11) is 0. The van der Waals surface area contributed by atoms with Crippen molar-refractivity contribution in [3.8, 4) is 5.75 Å². The Morgan fingerprint density at radius 3 is 2.62 bits per heavy atom. The Morgan fingerprint density at radius 2 is 2.05 bits per heavy atom. The van der Waals surface area contributed by atoms with Gasteiger partial charge in [0.2, 0.25) is 0 Å². The third-order valence-corrected chi connectivity index (χ3v) is 3.74.